The van der Waals surface area contributed by atoms with E-state index in [1.807, 2.05) is 11.4 Å². The minimum atomic E-state index is -1.03. The van der Waals surface area contributed by atoms with Gasteiger partial charge >= 0.3 is 11.9 Å². The number of carbonyl (C=O) groups excluding carboxylic acids is 2. The predicted molar refractivity (Wildman–Crippen MR) is 87.6 cm³/mol. The third kappa shape index (κ3) is 3.29. The molecule has 0 radical (unpaired) electrons. The van der Waals surface area contributed by atoms with Crippen LogP contribution in [0.4, 0.5) is 0 Å². The van der Waals surface area contributed by atoms with Crippen LogP contribution in [0.1, 0.15) is 45.3 Å². The van der Waals surface area contributed by atoms with Gasteiger partial charge in [-0.05, 0) is 31.2 Å². The number of methoxy groups -OCH3 is 1. The van der Waals surface area contributed by atoms with Gasteiger partial charge in [0.2, 0.25) is 6.10 Å². The van der Waals surface area contributed by atoms with Crippen molar-refractivity contribution in [2.45, 2.75) is 31.8 Å². The first-order valence-electron chi connectivity index (χ1n) is 7.63. The molecule has 1 aromatic carbocycles. The second-order valence-corrected chi connectivity index (χ2v) is 6.44. The Labute approximate surface area is 139 Å². The van der Waals surface area contributed by atoms with Crippen LogP contribution in [-0.4, -0.2) is 19.0 Å². The molecule has 4 nitrogen and oxygen atoms in total. The van der Waals surface area contributed by atoms with Crippen LogP contribution < -0.4 is 0 Å². The van der Waals surface area contributed by atoms with Crippen molar-refractivity contribution in [2.75, 3.05) is 7.11 Å². The van der Waals surface area contributed by atoms with Crippen LogP contribution in [0, 0.1) is 0 Å². The van der Waals surface area contributed by atoms with E-state index in [9.17, 15) is 9.59 Å². The lowest BCUT2D eigenvalue weighted by Crippen LogP contribution is -2.21. The summed E-state index contributed by atoms with van der Waals surface area (Å²) in [6.45, 7) is 0. The molecule has 120 valence electrons. The largest absolute Gasteiger partial charge is 0.466 e. The third-order valence-electron chi connectivity index (χ3n) is 4.02. The van der Waals surface area contributed by atoms with Gasteiger partial charge in [0.15, 0.2) is 0 Å². The van der Waals surface area contributed by atoms with Crippen LogP contribution in [0.25, 0.3) is 0 Å². The average molecular weight is 330 g/mol. The van der Waals surface area contributed by atoms with Crippen molar-refractivity contribution in [1.29, 1.82) is 0 Å². The van der Waals surface area contributed by atoms with Gasteiger partial charge in [0.05, 0.1) is 12.7 Å². The summed E-state index contributed by atoms with van der Waals surface area (Å²) in [5.74, 6) is -1.03. The Kier molecular flexibility index (Phi) is 4.76. The molecule has 1 aromatic heterocycles. The van der Waals surface area contributed by atoms with E-state index in [-0.39, 0.29) is 0 Å². The molecule has 5 heteroatoms. The normalized spacial score (nSPS) is 14.7. The van der Waals surface area contributed by atoms with Crippen molar-refractivity contribution < 1.29 is 19.1 Å². The van der Waals surface area contributed by atoms with Crippen LogP contribution in [0.2, 0.25) is 0 Å². The lowest BCUT2D eigenvalue weighted by Gasteiger charge is -2.17. The summed E-state index contributed by atoms with van der Waals surface area (Å²) in [4.78, 5) is 25.8. The zero-order chi connectivity index (χ0) is 16.2. The number of hydrogen-bond acceptors (Lipinski definition) is 5. The predicted octanol–water partition coefficient (Wildman–Crippen LogP) is 3.70. The summed E-state index contributed by atoms with van der Waals surface area (Å²) in [5, 5.41) is 1.84. The highest BCUT2D eigenvalue weighted by Gasteiger charge is 2.29. The molecule has 0 fully saturated rings. The maximum Gasteiger partial charge on any atom is 0.351 e. The molecule has 0 saturated heterocycles. The van der Waals surface area contributed by atoms with Crippen LogP contribution in [0.5, 0.6) is 0 Å². The Morgan fingerprint density at radius 3 is 2.61 bits per heavy atom. The number of thiophene rings is 1. The highest BCUT2D eigenvalue weighted by Crippen LogP contribution is 2.31. The van der Waals surface area contributed by atoms with E-state index in [2.05, 4.69) is 0 Å². The van der Waals surface area contributed by atoms with Crippen molar-refractivity contribution in [3.8, 4) is 0 Å². The van der Waals surface area contributed by atoms with Gasteiger partial charge in [0.25, 0.3) is 0 Å². The molecular formula is C18H18O4S. The molecule has 1 aliphatic carbocycles. The summed E-state index contributed by atoms with van der Waals surface area (Å²) in [6, 6.07) is 8.93. The number of aryl methyl sites for hydroxylation is 1. The molecule has 3 rings (SSSR count). The smallest absolute Gasteiger partial charge is 0.351 e. The van der Waals surface area contributed by atoms with E-state index in [0.29, 0.717) is 11.1 Å². The van der Waals surface area contributed by atoms with Gasteiger partial charge in [-0.1, -0.05) is 30.3 Å². The molecule has 1 atom stereocenters. The van der Waals surface area contributed by atoms with Crippen LogP contribution in [0.3, 0.4) is 0 Å². The highest BCUT2D eigenvalue weighted by atomic mass is 32.1. The van der Waals surface area contributed by atoms with Gasteiger partial charge in [-0.2, -0.15) is 0 Å². The number of rotatable bonds is 4. The van der Waals surface area contributed by atoms with E-state index >= 15 is 0 Å². The third-order valence-corrected chi connectivity index (χ3v) is 5.11. The van der Waals surface area contributed by atoms with Gasteiger partial charge in [-0.3, -0.25) is 0 Å². The van der Waals surface area contributed by atoms with Gasteiger partial charge < -0.3 is 9.47 Å². The van der Waals surface area contributed by atoms with Crippen LogP contribution in [-0.2, 0) is 27.1 Å². The zero-order valence-electron chi connectivity index (χ0n) is 12.9. The SMILES string of the molecule is COC(=O)C(OC(=O)c1csc2c1CCCC2)c1ccccc1. The van der Waals surface area contributed by atoms with Crippen molar-refractivity contribution >= 4 is 23.3 Å². The minimum absolute atomic E-state index is 0.455. The van der Waals surface area contributed by atoms with Gasteiger partial charge in [0.1, 0.15) is 0 Å². The van der Waals surface area contributed by atoms with Crippen molar-refractivity contribution in [1.82, 2.24) is 0 Å². The van der Waals surface area contributed by atoms with E-state index < -0.39 is 18.0 Å². The first kappa shape index (κ1) is 15.7. The monoisotopic (exact) mass is 330 g/mol. The minimum Gasteiger partial charge on any atom is -0.466 e. The molecule has 0 spiro atoms. The molecule has 1 aliphatic rings. The van der Waals surface area contributed by atoms with E-state index in [1.54, 1.807) is 35.6 Å². The molecule has 0 amide bonds. The van der Waals surface area contributed by atoms with Gasteiger partial charge in [0, 0.05) is 15.8 Å². The standard InChI is InChI=1S/C18H18O4S/c1-21-18(20)16(12-7-3-2-4-8-12)22-17(19)14-11-23-15-10-6-5-9-13(14)15/h2-4,7-8,11,16H,5-6,9-10H2,1H3. The Bertz CT molecular complexity index is 705. The Balaban J connectivity index is 1.84. The lowest BCUT2D eigenvalue weighted by molar-refractivity contribution is -0.151. The fraction of sp³-hybridized carbons (Fsp3) is 0.333. The fourth-order valence-corrected chi connectivity index (χ4v) is 3.94. The van der Waals surface area contributed by atoms with Gasteiger partial charge in [-0.25, -0.2) is 9.59 Å². The van der Waals surface area contributed by atoms with Crippen molar-refractivity contribution in [2.24, 2.45) is 0 Å². The summed E-state index contributed by atoms with van der Waals surface area (Å²) < 4.78 is 10.3. The number of esters is 2. The van der Waals surface area contributed by atoms with Crippen molar-refractivity contribution in [3.05, 3.63) is 57.3 Å². The Morgan fingerprint density at radius 1 is 1.13 bits per heavy atom. The number of ether oxygens (including phenoxy) is 2. The van der Waals surface area contributed by atoms with E-state index in [4.69, 9.17) is 9.47 Å². The summed E-state index contributed by atoms with van der Waals surface area (Å²) >= 11 is 1.60. The fourth-order valence-electron chi connectivity index (χ4n) is 2.82. The molecular weight excluding hydrogens is 312 g/mol. The maximum absolute atomic E-state index is 12.6. The quantitative estimate of drug-likeness (QED) is 0.802. The average Bonchev–Trinajstić information content (AvgIpc) is 3.04. The molecule has 0 N–H and O–H groups in total. The van der Waals surface area contributed by atoms with Gasteiger partial charge in [-0.15, -0.1) is 11.3 Å². The number of fused-ring (bicyclic) bond motifs is 1. The number of carbonyl (C=O) groups is 2. The summed E-state index contributed by atoms with van der Waals surface area (Å²) in [6.07, 6.45) is 3.14. The molecule has 2 aromatic rings. The summed E-state index contributed by atoms with van der Waals surface area (Å²) in [5.41, 5.74) is 2.29. The molecule has 1 unspecified atom stereocenters. The van der Waals surface area contributed by atoms with Crippen molar-refractivity contribution in [3.63, 3.8) is 0 Å². The molecule has 1 heterocycles. The number of hydrogen-bond donors (Lipinski definition) is 0. The Hall–Kier alpha value is -2.14. The number of benzene rings is 1. The van der Waals surface area contributed by atoms with Crippen LogP contribution >= 0.6 is 11.3 Å². The first-order valence-corrected chi connectivity index (χ1v) is 8.51. The summed E-state index contributed by atoms with van der Waals surface area (Å²) in [7, 11) is 1.29. The topological polar surface area (TPSA) is 52.6 Å². The second kappa shape index (κ2) is 6.96. The Morgan fingerprint density at radius 2 is 1.87 bits per heavy atom. The van der Waals surface area contributed by atoms with E-state index in [0.717, 1.165) is 31.2 Å². The molecule has 0 bridgehead atoms. The molecule has 23 heavy (non-hydrogen) atoms. The lowest BCUT2D eigenvalue weighted by atomic mass is 9.96. The maximum atomic E-state index is 12.6. The molecule has 0 saturated carbocycles. The highest BCUT2D eigenvalue weighted by molar-refractivity contribution is 7.10. The zero-order valence-corrected chi connectivity index (χ0v) is 13.7. The van der Waals surface area contributed by atoms with Crippen LogP contribution in [0.15, 0.2) is 35.7 Å². The second-order valence-electron chi connectivity index (χ2n) is 5.48. The first-order chi connectivity index (χ1) is 11.2. The van der Waals surface area contributed by atoms with E-state index in [1.165, 1.54) is 12.0 Å². The molecule has 0 aliphatic heterocycles.